The second-order valence-corrected chi connectivity index (χ2v) is 6.44. The molecule has 2 bridgehead atoms. The fourth-order valence-electron chi connectivity index (χ4n) is 3.97. The maximum atomic E-state index is 12.9. The molecule has 1 N–H and O–H groups in total. The third kappa shape index (κ3) is 2.62. The lowest BCUT2D eigenvalue weighted by Gasteiger charge is -2.22. The standard InChI is InChI=1S/C18H20FNO/c19-15-5-3-13(4-6-15)18-8-7-16(21-18)11-20-17-10-12-1-2-14(17)9-12/h3-8,12,14,17,20H,1-2,9-11H2. The minimum Gasteiger partial charge on any atom is -0.460 e. The van der Waals surface area contributed by atoms with Crippen LogP contribution in [-0.4, -0.2) is 6.04 Å². The van der Waals surface area contributed by atoms with Crippen molar-refractivity contribution < 1.29 is 8.81 Å². The quantitative estimate of drug-likeness (QED) is 0.902. The molecule has 3 heteroatoms. The zero-order valence-electron chi connectivity index (χ0n) is 12.0. The Morgan fingerprint density at radius 1 is 1.05 bits per heavy atom. The topological polar surface area (TPSA) is 25.2 Å². The fraction of sp³-hybridized carbons (Fsp3) is 0.444. The predicted octanol–water partition coefficient (Wildman–Crippen LogP) is 4.36. The van der Waals surface area contributed by atoms with Gasteiger partial charge in [0.05, 0.1) is 6.54 Å². The molecule has 0 saturated heterocycles. The van der Waals surface area contributed by atoms with Crippen molar-refractivity contribution in [1.82, 2.24) is 5.32 Å². The van der Waals surface area contributed by atoms with Gasteiger partial charge in [-0.05, 0) is 67.5 Å². The van der Waals surface area contributed by atoms with Crippen LogP contribution in [0.4, 0.5) is 4.39 Å². The molecule has 2 fully saturated rings. The third-order valence-corrected chi connectivity index (χ3v) is 5.07. The van der Waals surface area contributed by atoms with Gasteiger partial charge in [-0.3, -0.25) is 0 Å². The first-order chi connectivity index (χ1) is 10.3. The molecule has 2 aliphatic carbocycles. The number of fused-ring (bicyclic) bond motifs is 2. The van der Waals surface area contributed by atoms with Crippen LogP contribution in [-0.2, 0) is 6.54 Å². The van der Waals surface area contributed by atoms with Crippen molar-refractivity contribution in [1.29, 1.82) is 0 Å². The summed E-state index contributed by atoms with van der Waals surface area (Å²) < 4.78 is 18.8. The van der Waals surface area contributed by atoms with Gasteiger partial charge in [0.2, 0.25) is 0 Å². The van der Waals surface area contributed by atoms with Crippen molar-refractivity contribution in [3.63, 3.8) is 0 Å². The van der Waals surface area contributed by atoms with Crippen LogP contribution in [0.5, 0.6) is 0 Å². The van der Waals surface area contributed by atoms with Gasteiger partial charge in [-0.25, -0.2) is 4.39 Å². The molecule has 1 aromatic carbocycles. The van der Waals surface area contributed by atoms with E-state index in [-0.39, 0.29) is 5.82 Å². The van der Waals surface area contributed by atoms with Gasteiger partial charge in [-0.15, -0.1) is 0 Å². The summed E-state index contributed by atoms with van der Waals surface area (Å²) in [4.78, 5) is 0. The van der Waals surface area contributed by atoms with Crippen molar-refractivity contribution in [3.8, 4) is 11.3 Å². The summed E-state index contributed by atoms with van der Waals surface area (Å²) in [5.74, 6) is 3.38. The molecule has 1 heterocycles. The summed E-state index contributed by atoms with van der Waals surface area (Å²) >= 11 is 0. The molecule has 2 nitrogen and oxygen atoms in total. The summed E-state index contributed by atoms with van der Waals surface area (Å²) in [5.41, 5.74) is 0.919. The van der Waals surface area contributed by atoms with Crippen LogP contribution in [0, 0.1) is 17.7 Å². The molecule has 0 spiro atoms. The highest BCUT2D eigenvalue weighted by atomic mass is 19.1. The van der Waals surface area contributed by atoms with Crippen molar-refractivity contribution in [2.24, 2.45) is 11.8 Å². The average molecular weight is 285 g/mol. The van der Waals surface area contributed by atoms with E-state index in [2.05, 4.69) is 5.32 Å². The Labute approximate surface area is 124 Å². The Balaban J connectivity index is 1.39. The molecule has 110 valence electrons. The van der Waals surface area contributed by atoms with E-state index in [1.807, 2.05) is 12.1 Å². The van der Waals surface area contributed by atoms with Crippen LogP contribution < -0.4 is 5.32 Å². The zero-order valence-corrected chi connectivity index (χ0v) is 12.0. The average Bonchev–Trinajstić information content (AvgIpc) is 3.22. The van der Waals surface area contributed by atoms with Crippen molar-refractivity contribution in [2.75, 3.05) is 0 Å². The largest absolute Gasteiger partial charge is 0.460 e. The summed E-state index contributed by atoms with van der Waals surface area (Å²) in [6, 6.07) is 11.1. The molecule has 2 aromatic rings. The van der Waals surface area contributed by atoms with Gasteiger partial charge in [0, 0.05) is 11.6 Å². The smallest absolute Gasteiger partial charge is 0.134 e. The normalized spacial score (nSPS) is 27.4. The summed E-state index contributed by atoms with van der Waals surface area (Å²) in [6.07, 6.45) is 5.56. The maximum Gasteiger partial charge on any atom is 0.134 e. The van der Waals surface area contributed by atoms with Crippen LogP contribution in [0.15, 0.2) is 40.8 Å². The van der Waals surface area contributed by atoms with E-state index in [9.17, 15) is 4.39 Å². The maximum absolute atomic E-state index is 12.9. The van der Waals surface area contributed by atoms with Crippen molar-refractivity contribution >= 4 is 0 Å². The number of furan rings is 1. The second kappa shape index (κ2) is 5.30. The molecule has 4 rings (SSSR count). The third-order valence-electron chi connectivity index (χ3n) is 5.07. The first kappa shape index (κ1) is 13.1. The van der Waals surface area contributed by atoms with E-state index in [0.717, 1.165) is 35.5 Å². The number of benzene rings is 1. The van der Waals surface area contributed by atoms with E-state index in [1.54, 1.807) is 12.1 Å². The van der Waals surface area contributed by atoms with E-state index >= 15 is 0 Å². The van der Waals surface area contributed by atoms with Gasteiger partial charge < -0.3 is 9.73 Å². The molecule has 0 radical (unpaired) electrons. The monoisotopic (exact) mass is 285 g/mol. The first-order valence-electron chi connectivity index (χ1n) is 7.86. The summed E-state index contributed by atoms with van der Waals surface area (Å²) in [6.45, 7) is 0.787. The SMILES string of the molecule is Fc1ccc(-c2ccc(CNC3CC4CCC3C4)o2)cc1. The predicted molar refractivity (Wildman–Crippen MR) is 80.2 cm³/mol. The lowest BCUT2D eigenvalue weighted by atomic mass is 9.95. The van der Waals surface area contributed by atoms with Gasteiger partial charge in [0.1, 0.15) is 17.3 Å². The van der Waals surface area contributed by atoms with Crippen LogP contribution in [0.2, 0.25) is 0 Å². The molecule has 0 amide bonds. The fourth-order valence-corrected chi connectivity index (χ4v) is 3.97. The van der Waals surface area contributed by atoms with Gasteiger partial charge in [0.15, 0.2) is 0 Å². The van der Waals surface area contributed by atoms with Crippen LogP contribution in [0.1, 0.15) is 31.4 Å². The lowest BCUT2D eigenvalue weighted by Crippen LogP contribution is -2.33. The molecule has 2 saturated carbocycles. The Morgan fingerprint density at radius 3 is 2.62 bits per heavy atom. The molecule has 2 aliphatic rings. The summed E-state index contributed by atoms with van der Waals surface area (Å²) in [7, 11) is 0. The molecular weight excluding hydrogens is 265 g/mol. The van der Waals surface area contributed by atoms with Crippen molar-refractivity contribution in [2.45, 2.75) is 38.3 Å². The number of rotatable bonds is 4. The number of hydrogen-bond acceptors (Lipinski definition) is 2. The molecule has 1 aromatic heterocycles. The zero-order chi connectivity index (χ0) is 14.2. The van der Waals surface area contributed by atoms with Gasteiger partial charge in [0.25, 0.3) is 0 Å². The molecule has 21 heavy (non-hydrogen) atoms. The van der Waals surface area contributed by atoms with Gasteiger partial charge in [-0.1, -0.05) is 6.42 Å². The molecule has 0 aliphatic heterocycles. The van der Waals surface area contributed by atoms with E-state index in [0.29, 0.717) is 6.04 Å². The molecular formula is C18H20FNO. The second-order valence-electron chi connectivity index (χ2n) is 6.44. The minimum atomic E-state index is -0.219. The number of halogens is 1. The Hall–Kier alpha value is -1.61. The summed E-state index contributed by atoms with van der Waals surface area (Å²) in [5, 5.41) is 3.65. The van der Waals surface area contributed by atoms with Crippen molar-refractivity contribution in [3.05, 3.63) is 48.0 Å². The van der Waals surface area contributed by atoms with Gasteiger partial charge in [-0.2, -0.15) is 0 Å². The van der Waals surface area contributed by atoms with E-state index in [1.165, 1.54) is 37.8 Å². The first-order valence-corrected chi connectivity index (χ1v) is 7.86. The van der Waals surface area contributed by atoms with E-state index < -0.39 is 0 Å². The highest BCUT2D eigenvalue weighted by Crippen LogP contribution is 2.44. The Morgan fingerprint density at radius 2 is 1.90 bits per heavy atom. The highest BCUT2D eigenvalue weighted by Gasteiger charge is 2.39. The Kier molecular flexibility index (Phi) is 3.30. The van der Waals surface area contributed by atoms with Gasteiger partial charge >= 0.3 is 0 Å². The Bertz CT molecular complexity index is 618. The number of nitrogens with one attached hydrogen (secondary N) is 1. The van der Waals surface area contributed by atoms with E-state index in [4.69, 9.17) is 4.42 Å². The van der Waals surface area contributed by atoms with Crippen LogP contribution >= 0.6 is 0 Å². The molecule has 3 unspecified atom stereocenters. The highest BCUT2D eigenvalue weighted by molar-refractivity contribution is 5.57. The van der Waals surface area contributed by atoms with Crippen LogP contribution in [0.3, 0.4) is 0 Å². The van der Waals surface area contributed by atoms with Crippen LogP contribution in [0.25, 0.3) is 11.3 Å². The number of hydrogen-bond donors (Lipinski definition) is 1. The lowest BCUT2D eigenvalue weighted by molar-refractivity contribution is 0.338. The minimum absolute atomic E-state index is 0.219. The molecule has 3 atom stereocenters.